The molecule has 3 aromatic rings. The maximum atomic E-state index is 13.2. The Kier molecular flexibility index (Phi) is 6.50. The Bertz CT molecular complexity index is 1350. The van der Waals surface area contributed by atoms with Crippen LogP contribution in [-0.2, 0) is 17.4 Å². The van der Waals surface area contributed by atoms with Crippen LogP contribution in [-0.4, -0.2) is 41.2 Å². The fourth-order valence-electron chi connectivity index (χ4n) is 4.23. The van der Waals surface area contributed by atoms with Gasteiger partial charge in [-0.25, -0.2) is 9.53 Å². The van der Waals surface area contributed by atoms with Crippen LogP contribution in [0.4, 0.5) is 24.5 Å². The van der Waals surface area contributed by atoms with E-state index < -0.39 is 11.7 Å². The molecule has 0 aliphatic carbocycles. The molecule has 1 aliphatic heterocycles. The predicted molar refractivity (Wildman–Crippen MR) is 128 cm³/mol. The first-order chi connectivity index (χ1) is 16.6. The summed E-state index contributed by atoms with van der Waals surface area (Å²) in [5.41, 5.74) is 3.57. The third-order valence-electron chi connectivity index (χ3n) is 5.98. The van der Waals surface area contributed by atoms with Crippen LogP contribution in [0.3, 0.4) is 0 Å². The average molecular weight is 480 g/mol. The van der Waals surface area contributed by atoms with E-state index in [2.05, 4.69) is 9.94 Å². The van der Waals surface area contributed by atoms with Gasteiger partial charge in [0, 0.05) is 23.5 Å². The van der Waals surface area contributed by atoms with Crippen LogP contribution in [0.2, 0.25) is 0 Å². The summed E-state index contributed by atoms with van der Waals surface area (Å²) in [5, 5.41) is 4.49. The zero-order valence-corrected chi connectivity index (χ0v) is 19.6. The molecule has 0 bridgehead atoms. The van der Waals surface area contributed by atoms with Crippen molar-refractivity contribution in [2.45, 2.75) is 25.9 Å². The number of amides is 1. The van der Waals surface area contributed by atoms with E-state index >= 15 is 0 Å². The molecule has 2 heterocycles. The lowest BCUT2D eigenvalue weighted by Gasteiger charge is -2.20. The highest BCUT2D eigenvalue weighted by Crippen LogP contribution is 2.39. The van der Waals surface area contributed by atoms with Crippen LogP contribution in [0.15, 0.2) is 60.4 Å². The Morgan fingerprint density at radius 2 is 1.91 bits per heavy atom. The maximum absolute atomic E-state index is 13.2. The second-order valence-electron chi connectivity index (χ2n) is 8.62. The fraction of sp³-hybridized carbons (Fsp3) is 0.269. The molecule has 1 aromatic heterocycles. The fourth-order valence-corrected chi connectivity index (χ4v) is 4.23. The Morgan fingerprint density at radius 3 is 2.60 bits per heavy atom. The minimum absolute atomic E-state index is 0.0426. The number of halogens is 3. The molecule has 0 unspecified atom stereocenters. The molecule has 9 heteroatoms. The van der Waals surface area contributed by atoms with Gasteiger partial charge in [-0.3, -0.25) is 9.69 Å². The van der Waals surface area contributed by atoms with Gasteiger partial charge in [-0.15, -0.1) is 0 Å². The van der Waals surface area contributed by atoms with Gasteiger partial charge in [-0.1, -0.05) is 18.2 Å². The van der Waals surface area contributed by atoms with Gasteiger partial charge in [0.2, 0.25) is 5.91 Å². The number of rotatable bonds is 6. The summed E-state index contributed by atoms with van der Waals surface area (Å²) in [6.07, 6.45) is -2.14. The number of alkyl halides is 3. The molecule has 0 atom stereocenters. The Morgan fingerprint density at radius 1 is 1.14 bits per heavy atom. The van der Waals surface area contributed by atoms with Gasteiger partial charge in [0.1, 0.15) is 0 Å². The zero-order chi connectivity index (χ0) is 25.3. The van der Waals surface area contributed by atoms with Gasteiger partial charge in [-0.2, -0.15) is 18.3 Å². The van der Waals surface area contributed by atoms with Crippen LogP contribution >= 0.6 is 0 Å². The first-order valence-corrected chi connectivity index (χ1v) is 11.0. The highest BCUT2D eigenvalue weighted by Gasteiger charge is 2.34. The molecular weight excluding hydrogens is 455 g/mol. The normalized spacial score (nSPS) is 14.2. The number of likely N-dealkylation sites (N-methyl/N-ethyl adjacent to an activating group) is 1. The predicted octanol–water partition coefficient (Wildman–Crippen LogP) is 5.71. The van der Waals surface area contributed by atoms with E-state index in [-0.39, 0.29) is 18.0 Å². The van der Waals surface area contributed by atoms with E-state index in [1.54, 1.807) is 29.9 Å². The Labute approximate surface area is 201 Å². The van der Waals surface area contributed by atoms with Gasteiger partial charge in [0.25, 0.3) is 0 Å². The van der Waals surface area contributed by atoms with Gasteiger partial charge in [0.05, 0.1) is 36.1 Å². The van der Waals surface area contributed by atoms with Gasteiger partial charge >= 0.3 is 6.18 Å². The largest absolute Gasteiger partial charge is 0.416 e. The number of hydrogen-bond donors (Lipinski definition) is 0. The van der Waals surface area contributed by atoms with Crippen molar-refractivity contribution < 1.29 is 18.0 Å². The summed E-state index contributed by atoms with van der Waals surface area (Å²) in [5.74, 6) is -0.305. The molecule has 1 aliphatic rings. The number of aromatic nitrogens is 2. The molecule has 180 valence electrons. The number of hydrogen-bond acceptors (Lipinski definition) is 3. The van der Waals surface area contributed by atoms with Crippen molar-refractivity contribution in [2.75, 3.05) is 25.5 Å². The Balaban J connectivity index is 1.77. The molecule has 6 nitrogen and oxygen atoms in total. The first-order valence-electron chi connectivity index (χ1n) is 11.0. The van der Waals surface area contributed by atoms with Gasteiger partial charge in [0.15, 0.2) is 5.69 Å². The molecule has 2 aromatic carbocycles. The molecule has 35 heavy (non-hydrogen) atoms. The third kappa shape index (κ3) is 4.84. The summed E-state index contributed by atoms with van der Waals surface area (Å²) in [7, 11) is 3.94. The molecule has 0 fully saturated rings. The molecule has 4 rings (SSSR count). The standard InChI is InChI=1S/C26H24F3N5O/c1-17-22(16-25(35)33(17)21-7-5-6-19(15-21)26(27,28)29)24-10-12-31-34(24)23-9-8-20(30-2)14-18(23)11-13-32(3)4/h5-10,12,14-15H,11,13,16H2,1,3-4H3. The van der Waals surface area contributed by atoms with Crippen molar-refractivity contribution in [1.29, 1.82) is 0 Å². The highest BCUT2D eigenvalue weighted by atomic mass is 19.4. The van der Waals surface area contributed by atoms with Gasteiger partial charge < -0.3 is 4.90 Å². The maximum Gasteiger partial charge on any atom is 0.416 e. The van der Waals surface area contributed by atoms with Gasteiger partial charge in [-0.05, 0) is 63.3 Å². The summed E-state index contributed by atoms with van der Waals surface area (Å²) in [6, 6.07) is 12.0. The van der Waals surface area contributed by atoms with E-state index in [0.29, 0.717) is 29.1 Å². The molecule has 0 saturated heterocycles. The second-order valence-corrected chi connectivity index (χ2v) is 8.62. The summed E-state index contributed by atoms with van der Waals surface area (Å²) >= 11 is 0. The van der Waals surface area contributed by atoms with E-state index in [1.165, 1.54) is 17.0 Å². The second kappa shape index (κ2) is 9.39. The van der Waals surface area contributed by atoms with E-state index in [1.807, 2.05) is 31.1 Å². The number of anilines is 1. The van der Waals surface area contributed by atoms with E-state index in [9.17, 15) is 18.0 Å². The molecular formula is C26H24F3N5O. The summed E-state index contributed by atoms with van der Waals surface area (Å²) in [6.45, 7) is 9.86. The van der Waals surface area contributed by atoms with Crippen molar-refractivity contribution in [3.8, 4) is 5.69 Å². The molecule has 0 spiro atoms. The van der Waals surface area contributed by atoms with Crippen molar-refractivity contribution in [3.05, 3.63) is 88.7 Å². The molecule has 0 saturated carbocycles. The first kappa shape index (κ1) is 24.2. The minimum atomic E-state index is -4.50. The van der Waals surface area contributed by atoms with Crippen molar-refractivity contribution in [1.82, 2.24) is 14.7 Å². The van der Waals surface area contributed by atoms with Crippen LogP contribution < -0.4 is 4.90 Å². The van der Waals surface area contributed by atoms with Crippen molar-refractivity contribution >= 4 is 22.9 Å². The highest BCUT2D eigenvalue weighted by molar-refractivity contribution is 6.09. The number of benzene rings is 2. The van der Waals surface area contributed by atoms with E-state index in [4.69, 9.17) is 6.57 Å². The monoisotopic (exact) mass is 479 g/mol. The zero-order valence-electron chi connectivity index (χ0n) is 19.6. The van der Waals surface area contributed by atoms with Crippen LogP contribution in [0.5, 0.6) is 0 Å². The number of allylic oxidation sites excluding steroid dienone is 1. The summed E-state index contributed by atoms with van der Waals surface area (Å²) in [4.78, 5) is 19.9. The van der Waals surface area contributed by atoms with Crippen molar-refractivity contribution in [3.63, 3.8) is 0 Å². The van der Waals surface area contributed by atoms with Crippen molar-refractivity contribution in [2.24, 2.45) is 0 Å². The van der Waals surface area contributed by atoms with Crippen LogP contribution in [0.25, 0.3) is 16.1 Å². The molecule has 0 N–H and O–H groups in total. The lowest BCUT2D eigenvalue weighted by Crippen LogP contribution is -2.23. The van der Waals surface area contributed by atoms with E-state index in [0.717, 1.165) is 29.9 Å². The van der Waals surface area contributed by atoms with Crippen LogP contribution in [0.1, 0.15) is 30.2 Å². The quantitative estimate of drug-likeness (QED) is 0.425. The SMILES string of the molecule is [C-]#[N+]c1ccc(-n2nccc2C2=C(C)N(c3cccc(C(F)(F)F)c3)C(=O)C2)c(CCN(C)C)c1. The summed E-state index contributed by atoms with van der Waals surface area (Å²) < 4.78 is 41.5. The number of nitrogens with zero attached hydrogens (tertiary/aromatic N) is 5. The lowest BCUT2D eigenvalue weighted by atomic mass is 10.1. The number of carbonyl (C=O) groups excluding carboxylic acids is 1. The smallest absolute Gasteiger partial charge is 0.309 e. The third-order valence-corrected chi connectivity index (χ3v) is 5.98. The molecule has 0 radical (unpaired) electrons. The average Bonchev–Trinajstić information content (AvgIpc) is 3.40. The molecule has 1 amide bonds. The lowest BCUT2D eigenvalue weighted by molar-refractivity contribution is -0.137. The Hall–Kier alpha value is -3.90. The minimum Gasteiger partial charge on any atom is -0.309 e. The number of carbonyl (C=O) groups is 1. The van der Waals surface area contributed by atoms with Crippen LogP contribution in [0, 0.1) is 6.57 Å². The topological polar surface area (TPSA) is 45.7 Å².